The molecule has 1 aromatic rings. The molecule has 1 heterocycles. The van der Waals surface area contributed by atoms with Gasteiger partial charge in [-0.15, -0.1) is 0 Å². The Morgan fingerprint density at radius 2 is 1.87 bits per heavy atom. The van der Waals surface area contributed by atoms with Crippen molar-refractivity contribution >= 4 is 29.1 Å². The smallest absolute Gasteiger partial charge is 0.239 e. The number of hydrogen-bond acceptors (Lipinski definition) is 3. The lowest BCUT2D eigenvalue weighted by Gasteiger charge is -2.28. The first-order valence-corrected chi connectivity index (χ1v) is 8.10. The Labute approximate surface area is 141 Å². The summed E-state index contributed by atoms with van der Waals surface area (Å²) in [5.74, 6) is -0.0232. The van der Waals surface area contributed by atoms with E-state index in [2.05, 4.69) is 5.32 Å². The second kappa shape index (κ2) is 6.79. The number of rotatable bonds is 4. The number of ether oxygens (including phenoxy) is 1. The summed E-state index contributed by atoms with van der Waals surface area (Å²) in [7, 11) is 1.51. The number of halogens is 1. The second-order valence-electron chi connectivity index (χ2n) is 6.38. The average molecular weight is 339 g/mol. The molecule has 0 aliphatic carbocycles. The Morgan fingerprint density at radius 3 is 2.43 bits per heavy atom. The molecule has 0 saturated carbocycles. The number of carbonyl (C=O) groups is 2. The van der Waals surface area contributed by atoms with E-state index in [1.165, 1.54) is 7.11 Å². The molecule has 1 aliphatic heterocycles. The van der Waals surface area contributed by atoms with E-state index in [1.807, 2.05) is 6.92 Å². The van der Waals surface area contributed by atoms with Crippen molar-refractivity contribution in [2.24, 2.45) is 5.41 Å². The van der Waals surface area contributed by atoms with E-state index >= 15 is 0 Å². The van der Waals surface area contributed by atoms with Crippen molar-refractivity contribution in [3.05, 3.63) is 22.7 Å². The molecule has 0 radical (unpaired) electrons. The first-order valence-electron chi connectivity index (χ1n) is 7.72. The Morgan fingerprint density at radius 1 is 1.26 bits per heavy atom. The number of benzene rings is 1. The number of anilines is 1. The van der Waals surface area contributed by atoms with Crippen LogP contribution in [-0.2, 0) is 9.59 Å². The molecule has 2 rings (SSSR count). The molecule has 1 N–H and O–H groups in total. The first-order chi connectivity index (χ1) is 10.8. The Balaban J connectivity index is 2.20. The number of likely N-dealkylation sites (tertiary alicyclic amines) is 1. The third-order valence-corrected chi connectivity index (χ3v) is 4.63. The van der Waals surface area contributed by atoms with Gasteiger partial charge in [-0.1, -0.05) is 11.6 Å². The minimum absolute atomic E-state index is 0.142. The van der Waals surface area contributed by atoms with Gasteiger partial charge < -0.3 is 15.0 Å². The van der Waals surface area contributed by atoms with Crippen molar-refractivity contribution in [2.75, 3.05) is 25.5 Å². The van der Waals surface area contributed by atoms with Crippen molar-refractivity contribution in [3.63, 3.8) is 0 Å². The van der Waals surface area contributed by atoms with Crippen LogP contribution in [0.25, 0.3) is 0 Å². The SMILES string of the molecule is COc1cc(Cl)c(C)cc1NC(=O)C(C)(C)C(=O)N1CCCC1. The topological polar surface area (TPSA) is 58.6 Å². The number of aryl methyl sites for hydroxylation is 1. The second-order valence-corrected chi connectivity index (χ2v) is 6.79. The molecule has 6 heteroatoms. The van der Waals surface area contributed by atoms with E-state index in [0.29, 0.717) is 16.5 Å². The number of amides is 2. The molecular formula is C17H23ClN2O3. The largest absolute Gasteiger partial charge is 0.495 e. The van der Waals surface area contributed by atoms with Gasteiger partial charge in [0.15, 0.2) is 0 Å². The average Bonchev–Trinajstić information content (AvgIpc) is 3.03. The zero-order valence-corrected chi connectivity index (χ0v) is 14.8. The highest BCUT2D eigenvalue weighted by Gasteiger charge is 2.40. The van der Waals surface area contributed by atoms with Crippen LogP contribution in [0.4, 0.5) is 5.69 Å². The van der Waals surface area contributed by atoms with E-state index in [1.54, 1.807) is 30.9 Å². The van der Waals surface area contributed by atoms with Gasteiger partial charge in [0.1, 0.15) is 11.2 Å². The highest BCUT2D eigenvalue weighted by atomic mass is 35.5. The minimum Gasteiger partial charge on any atom is -0.495 e. The summed E-state index contributed by atoms with van der Waals surface area (Å²) in [6.07, 6.45) is 1.99. The van der Waals surface area contributed by atoms with Crippen LogP contribution >= 0.6 is 11.6 Å². The molecule has 5 nitrogen and oxygen atoms in total. The Hall–Kier alpha value is -1.75. The standard InChI is InChI=1S/C17H23ClN2O3/c1-11-9-13(14(23-4)10-12(11)18)19-15(21)17(2,3)16(22)20-7-5-6-8-20/h9-10H,5-8H2,1-4H3,(H,19,21). The molecule has 0 spiro atoms. The van der Waals surface area contributed by atoms with Gasteiger partial charge in [0.05, 0.1) is 12.8 Å². The van der Waals surface area contributed by atoms with Gasteiger partial charge >= 0.3 is 0 Å². The van der Waals surface area contributed by atoms with E-state index in [4.69, 9.17) is 16.3 Å². The molecule has 1 saturated heterocycles. The van der Waals surface area contributed by atoms with Crippen LogP contribution in [0.3, 0.4) is 0 Å². The van der Waals surface area contributed by atoms with Crippen molar-refractivity contribution in [3.8, 4) is 5.75 Å². The van der Waals surface area contributed by atoms with Crippen molar-refractivity contribution in [1.29, 1.82) is 0 Å². The van der Waals surface area contributed by atoms with Crippen LogP contribution in [0.15, 0.2) is 12.1 Å². The van der Waals surface area contributed by atoms with Crippen LogP contribution in [-0.4, -0.2) is 36.9 Å². The molecule has 2 amide bonds. The van der Waals surface area contributed by atoms with Gasteiger partial charge in [0, 0.05) is 24.2 Å². The maximum absolute atomic E-state index is 12.6. The molecule has 23 heavy (non-hydrogen) atoms. The predicted molar refractivity (Wildman–Crippen MR) is 91.0 cm³/mol. The maximum atomic E-state index is 12.6. The van der Waals surface area contributed by atoms with Gasteiger partial charge in [-0.2, -0.15) is 0 Å². The summed E-state index contributed by atoms with van der Waals surface area (Å²) in [6.45, 7) is 6.59. The van der Waals surface area contributed by atoms with Crippen molar-refractivity contribution in [2.45, 2.75) is 33.6 Å². The fraction of sp³-hybridized carbons (Fsp3) is 0.529. The third kappa shape index (κ3) is 3.61. The molecule has 1 aromatic carbocycles. The quantitative estimate of drug-likeness (QED) is 0.857. The van der Waals surface area contributed by atoms with Crippen LogP contribution in [0.5, 0.6) is 5.75 Å². The van der Waals surface area contributed by atoms with Crippen LogP contribution in [0.2, 0.25) is 5.02 Å². The summed E-state index contributed by atoms with van der Waals surface area (Å²) < 4.78 is 5.26. The summed E-state index contributed by atoms with van der Waals surface area (Å²) in [5, 5.41) is 3.37. The third-order valence-electron chi connectivity index (χ3n) is 4.22. The molecule has 0 aromatic heterocycles. The van der Waals surface area contributed by atoms with Gasteiger partial charge in [0.25, 0.3) is 0 Å². The number of nitrogens with one attached hydrogen (secondary N) is 1. The fourth-order valence-electron chi connectivity index (χ4n) is 2.62. The first kappa shape index (κ1) is 17.6. The molecule has 126 valence electrons. The lowest BCUT2D eigenvalue weighted by Crippen LogP contribution is -2.46. The van der Waals surface area contributed by atoms with Gasteiger partial charge in [0.2, 0.25) is 11.8 Å². The number of carbonyl (C=O) groups excluding carboxylic acids is 2. The molecule has 1 aliphatic rings. The van der Waals surface area contributed by atoms with E-state index in [-0.39, 0.29) is 11.8 Å². The van der Waals surface area contributed by atoms with Crippen molar-refractivity contribution in [1.82, 2.24) is 4.90 Å². The minimum atomic E-state index is -1.14. The monoisotopic (exact) mass is 338 g/mol. The normalized spacial score (nSPS) is 14.7. The maximum Gasteiger partial charge on any atom is 0.239 e. The Bertz CT molecular complexity index is 623. The number of nitrogens with zero attached hydrogens (tertiary/aromatic N) is 1. The summed E-state index contributed by atoms with van der Waals surface area (Å²) in [4.78, 5) is 27.0. The lowest BCUT2D eigenvalue weighted by atomic mass is 9.90. The molecule has 1 fully saturated rings. The number of methoxy groups -OCH3 is 1. The molecule has 0 bridgehead atoms. The lowest BCUT2D eigenvalue weighted by molar-refractivity contribution is -0.145. The van der Waals surface area contributed by atoms with Gasteiger partial charge in [-0.05, 0) is 45.2 Å². The number of hydrogen-bond donors (Lipinski definition) is 1. The van der Waals surface area contributed by atoms with E-state index in [9.17, 15) is 9.59 Å². The van der Waals surface area contributed by atoms with E-state index < -0.39 is 5.41 Å². The van der Waals surface area contributed by atoms with Crippen LogP contribution in [0, 0.1) is 12.3 Å². The summed E-state index contributed by atoms with van der Waals surface area (Å²) >= 11 is 6.07. The summed E-state index contributed by atoms with van der Waals surface area (Å²) in [6, 6.07) is 3.40. The predicted octanol–water partition coefficient (Wildman–Crippen LogP) is 3.24. The van der Waals surface area contributed by atoms with Crippen LogP contribution < -0.4 is 10.1 Å². The van der Waals surface area contributed by atoms with Crippen molar-refractivity contribution < 1.29 is 14.3 Å². The molecule has 0 unspecified atom stereocenters. The Kier molecular flexibility index (Phi) is 5.19. The highest BCUT2D eigenvalue weighted by Crippen LogP contribution is 2.32. The summed E-state index contributed by atoms with van der Waals surface area (Å²) in [5.41, 5.74) is 0.205. The van der Waals surface area contributed by atoms with Gasteiger partial charge in [-0.25, -0.2) is 0 Å². The molecule has 0 atom stereocenters. The zero-order chi connectivity index (χ0) is 17.2. The van der Waals surface area contributed by atoms with Crippen LogP contribution in [0.1, 0.15) is 32.3 Å². The zero-order valence-electron chi connectivity index (χ0n) is 14.0. The fourth-order valence-corrected chi connectivity index (χ4v) is 2.77. The molecular weight excluding hydrogens is 316 g/mol. The highest BCUT2D eigenvalue weighted by molar-refractivity contribution is 6.31. The van der Waals surface area contributed by atoms with Gasteiger partial charge in [-0.3, -0.25) is 9.59 Å². The van der Waals surface area contributed by atoms with E-state index in [0.717, 1.165) is 31.5 Å².